The zero-order valence-corrected chi connectivity index (χ0v) is 25.8. The highest BCUT2D eigenvalue weighted by Crippen LogP contribution is 2.55. The van der Waals surface area contributed by atoms with Gasteiger partial charge in [-0.25, -0.2) is 4.79 Å². The summed E-state index contributed by atoms with van der Waals surface area (Å²) < 4.78 is 130. The van der Waals surface area contributed by atoms with Gasteiger partial charge >= 0.3 is 29.7 Å². The van der Waals surface area contributed by atoms with Crippen molar-refractivity contribution in [3.05, 3.63) is 60.2 Å². The summed E-state index contributed by atoms with van der Waals surface area (Å²) in [5.74, 6) is -24.9. The van der Waals surface area contributed by atoms with E-state index in [1.165, 1.54) is 19.2 Å². The fourth-order valence-corrected chi connectivity index (χ4v) is 5.32. The Morgan fingerprint density at radius 3 is 2.20 bits per heavy atom. The number of alkyl halides is 8. The van der Waals surface area contributed by atoms with Gasteiger partial charge in [0.15, 0.2) is 0 Å². The van der Waals surface area contributed by atoms with Crippen molar-refractivity contribution in [3.8, 4) is 17.1 Å². The highest BCUT2D eigenvalue weighted by atomic mass is 32.2. The van der Waals surface area contributed by atoms with E-state index in [9.17, 15) is 39.9 Å². The van der Waals surface area contributed by atoms with E-state index >= 15 is 0 Å². The van der Waals surface area contributed by atoms with Gasteiger partial charge in [-0.2, -0.15) is 35.1 Å². The van der Waals surface area contributed by atoms with Crippen molar-refractivity contribution in [2.45, 2.75) is 81.0 Å². The lowest BCUT2D eigenvalue weighted by Crippen LogP contribution is -2.62. The Balaban J connectivity index is 1.68. The molecule has 0 atom stereocenters. The number of hydrogen-bond acceptors (Lipinski definition) is 5. The van der Waals surface area contributed by atoms with Gasteiger partial charge in [-0.1, -0.05) is 32.4 Å². The van der Waals surface area contributed by atoms with Crippen molar-refractivity contribution in [2.24, 2.45) is 0 Å². The Hall–Kier alpha value is -3.22. The van der Waals surface area contributed by atoms with E-state index in [2.05, 4.69) is 18.2 Å². The van der Waals surface area contributed by atoms with Crippen molar-refractivity contribution in [1.82, 2.24) is 0 Å². The van der Waals surface area contributed by atoms with Gasteiger partial charge in [-0.3, -0.25) is 0 Å². The number of carbonyl (C=O) groups is 1. The van der Waals surface area contributed by atoms with Gasteiger partial charge in [-0.15, -0.1) is 11.8 Å². The maximum absolute atomic E-state index is 14.4. The monoisotopic (exact) mass is 666 g/mol. The first-order valence-corrected chi connectivity index (χ1v) is 15.1. The van der Waals surface area contributed by atoms with Crippen LogP contribution in [-0.4, -0.2) is 49.1 Å². The minimum Gasteiger partial charge on any atom is -0.496 e. The van der Waals surface area contributed by atoms with E-state index in [4.69, 9.17) is 9.15 Å². The summed E-state index contributed by atoms with van der Waals surface area (Å²) in [6.45, 7) is 5.00. The molecule has 13 heteroatoms. The molecule has 0 aliphatic heterocycles. The van der Waals surface area contributed by atoms with E-state index in [1.54, 1.807) is 12.1 Å². The third-order valence-corrected chi connectivity index (χ3v) is 8.08. The van der Waals surface area contributed by atoms with Gasteiger partial charge in [0.25, 0.3) is 0 Å². The molecule has 0 N–H and O–H groups in total. The SMILES string of the molecule is C=C(C)C(=O)OCCC(F)(F)C(F)(F)C(F)(F)C(F)(F)CCSc1ccc2cc(-c3ccc(CCCCC)cc3OC)oc2c1. The van der Waals surface area contributed by atoms with Gasteiger partial charge < -0.3 is 13.9 Å². The number of halogens is 8. The number of aryl methyl sites for hydroxylation is 1. The second-order valence-electron chi connectivity index (χ2n) is 10.6. The van der Waals surface area contributed by atoms with Crippen LogP contribution in [0.1, 0.15) is 51.5 Å². The molecule has 1 aromatic heterocycles. The summed E-state index contributed by atoms with van der Waals surface area (Å²) >= 11 is 0.644. The molecule has 1 heterocycles. The van der Waals surface area contributed by atoms with Crippen LogP contribution in [0.5, 0.6) is 5.75 Å². The first-order chi connectivity index (χ1) is 21.0. The Morgan fingerprint density at radius 1 is 0.911 bits per heavy atom. The number of rotatable bonds is 17. The third kappa shape index (κ3) is 8.14. The number of esters is 1. The number of hydrogen-bond donors (Lipinski definition) is 0. The van der Waals surface area contributed by atoms with Crippen molar-refractivity contribution < 1.29 is 53.8 Å². The normalized spacial score (nSPS) is 12.9. The summed E-state index contributed by atoms with van der Waals surface area (Å²) in [7, 11) is 1.53. The third-order valence-electron chi connectivity index (χ3n) is 7.09. The van der Waals surface area contributed by atoms with Crippen molar-refractivity contribution >= 4 is 28.7 Å². The molecule has 0 aliphatic carbocycles. The number of methoxy groups -OCH3 is 1. The maximum atomic E-state index is 14.4. The Kier molecular flexibility index (Phi) is 11.7. The summed E-state index contributed by atoms with van der Waals surface area (Å²) in [6.07, 6.45) is 0.202. The highest BCUT2D eigenvalue weighted by Gasteiger charge is 2.79. The lowest BCUT2D eigenvalue weighted by molar-refractivity contribution is -0.367. The van der Waals surface area contributed by atoms with Crippen LogP contribution in [0.3, 0.4) is 0 Å². The fraction of sp³-hybridized carbons (Fsp3) is 0.469. The molecular weight excluding hydrogens is 632 g/mol. The number of unbranched alkanes of at least 4 members (excludes halogenated alkanes) is 2. The van der Waals surface area contributed by atoms with Crippen LogP contribution >= 0.6 is 11.8 Å². The Bertz CT molecular complexity index is 1490. The standard InChI is InChI=1S/C32H34F8O4S/c1-5-6-7-8-21-9-12-24(26(17-21)42-4)27-18-22-10-11-23(19-25(22)44-27)45-16-14-30(35,36)32(39,40)31(37,38)29(33,34)13-15-43-28(41)20(2)3/h9-12,17-19H,2,5-8,13-16H2,1,3-4H3. The number of furan rings is 1. The lowest BCUT2D eigenvalue weighted by Gasteiger charge is -2.36. The van der Waals surface area contributed by atoms with Crippen LogP contribution in [-0.2, 0) is 16.0 Å². The first kappa shape index (κ1) is 36.3. The molecule has 3 rings (SSSR count). The molecule has 4 nitrogen and oxygen atoms in total. The topological polar surface area (TPSA) is 48.7 Å². The number of thioether (sulfide) groups is 1. The molecule has 45 heavy (non-hydrogen) atoms. The average molecular weight is 667 g/mol. The molecule has 0 aliphatic rings. The molecule has 248 valence electrons. The van der Waals surface area contributed by atoms with Crippen LogP contribution in [0.25, 0.3) is 22.3 Å². The molecule has 0 bridgehead atoms. The predicted octanol–water partition coefficient (Wildman–Crippen LogP) is 10.4. The number of fused-ring (bicyclic) bond motifs is 1. The second-order valence-corrected chi connectivity index (χ2v) is 11.8. The fourth-order valence-electron chi connectivity index (χ4n) is 4.37. The molecule has 0 fully saturated rings. The van der Waals surface area contributed by atoms with Crippen molar-refractivity contribution in [1.29, 1.82) is 0 Å². The maximum Gasteiger partial charge on any atom is 0.378 e. The zero-order valence-electron chi connectivity index (χ0n) is 25.0. The smallest absolute Gasteiger partial charge is 0.378 e. The van der Waals surface area contributed by atoms with Crippen LogP contribution in [0.4, 0.5) is 35.1 Å². The Morgan fingerprint density at radius 2 is 1.58 bits per heavy atom. The van der Waals surface area contributed by atoms with Gasteiger partial charge in [-0.05, 0) is 61.7 Å². The zero-order chi connectivity index (χ0) is 33.6. The molecular formula is C32H34F8O4S. The van der Waals surface area contributed by atoms with Crippen molar-refractivity contribution in [3.63, 3.8) is 0 Å². The summed E-state index contributed by atoms with van der Waals surface area (Å²) in [6, 6.07) is 12.1. The van der Waals surface area contributed by atoms with Crippen LogP contribution in [0, 0.1) is 0 Å². The first-order valence-electron chi connectivity index (χ1n) is 14.1. The summed E-state index contributed by atoms with van der Waals surface area (Å²) in [4.78, 5) is 11.6. The van der Waals surface area contributed by atoms with Crippen molar-refractivity contribution in [2.75, 3.05) is 19.5 Å². The van der Waals surface area contributed by atoms with Crippen LogP contribution in [0.2, 0.25) is 0 Å². The molecule has 0 saturated carbocycles. The Labute approximate surface area is 260 Å². The van der Waals surface area contributed by atoms with E-state index in [0.29, 0.717) is 44.7 Å². The summed E-state index contributed by atoms with van der Waals surface area (Å²) in [5, 5.41) is 0.649. The molecule has 3 aromatic rings. The number of carbonyl (C=O) groups excluding carboxylic acids is 1. The van der Waals surface area contributed by atoms with Gasteiger partial charge in [0.1, 0.15) is 17.1 Å². The van der Waals surface area contributed by atoms with Crippen LogP contribution in [0.15, 0.2) is 63.9 Å². The second kappa shape index (κ2) is 14.5. The summed E-state index contributed by atoms with van der Waals surface area (Å²) in [5.41, 5.74) is 1.87. The van der Waals surface area contributed by atoms with E-state index in [-0.39, 0.29) is 5.57 Å². The van der Waals surface area contributed by atoms with Gasteiger partial charge in [0.2, 0.25) is 0 Å². The van der Waals surface area contributed by atoms with Gasteiger partial charge in [0, 0.05) is 28.0 Å². The predicted molar refractivity (Wildman–Crippen MR) is 157 cm³/mol. The minimum atomic E-state index is -6.44. The van der Waals surface area contributed by atoms with E-state index < -0.39 is 54.9 Å². The van der Waals surface area contributed by atoms with E-state index in [0.717, 1.165) is 38.2 Å². The molecule has 0 amide bonds. The molecule has 0 unspecified atom stereocenters. The van der Waals surface area contributed by atoms with E-state index in [1.807, 2.05) is 18.2 Å². The molecule has 2 aromatic carbocycles. The molecule has 0 spiro atoms. The average Bonchev–Trinajstić information content (AvgIpc) is 3.40. The van der Waals surface area contributed by atoms with Gasteiger partial charge in [0.05, 0.1) is 25.7 Å². The minimum absolute atomic E-state index is 0.255. The number of ether oxygens (including phenoxy) is 2. The molecule has 0 saturated heterocycles. The number of benzene rings is 2. The van der Waals surface area contributed by atoms with Crippen LogP contribution < -0.4 is 4.74 Å². The highest BCUT2D eigenvalue weighted by molar-refractivity contribution is 7.99. The largest absolute Gasteiger partial charge is 0.496 e. The quantitative estimate of drug-likeness (QED) is 0.0472. The lowest BCUT2D eigenvalue weighted by atomic mass is 9.95. The molecule has 0 radical (unpaired) electrons.